The summed E-state index contributed by atoms with van der Waals surface area (Å²) in [6, 6.07) is 7.15. The normalized spacial score (nSPS) is 25.7. The van der Waals surface area contributed by atoms with E-state index in [-0.39, 0.29) is 24.5 Å². The SMILES string of the molecule is Cc1cccc(C2(F)CC(NC(=O)/C(C=N)=C/N)C2)c1. The van der Waals surface area contributed by atoms with Crippen molar-refractivity contribution in [3.63, 3.8) is 0 Å². The minimum Gasteiger partial charge on any atom is -0.404 e. The van der Waals surface area contributed by atoms with Crippen molar-refractivity contribution in [2.45, 2.75) is 31.5 Å². The van der Waals surface area contributed by atoms with E-state index in [2.05, 4.69) is 5.32 Å². The summed E-state index contributed by atoms with van der Waals surface area (Å²) in [5.41, 5.74) is 5.61. The Kier molecular flexibility index (Phi) is 3.88. The van der Waals surface area contributed by atoms with Gasteiger partial charge in [0.1, 0.15) is 5.67 Å². The number of hydrogen-bond donors (Lipinski definition) is 3. The summed E-state index contributed by atoms with van der Waals surface area (Å²) in [7, 11) is 0. The van der Waals surface area contributed by atoms with E-state index in [1.807, 2.05) is 25.1 Å². The van der Waals surface area contributed by atoms with Gasteiger partial charge in [0.25, 0.3) is 5.91 Å². The smallest absolute Gasteiger partial charge is 0.254 e. The second-order valence-electron chi connectivity index (χ2n) is 5.18. The Morgan fingerprint density at radius 1 is 1.55 bits per heavy atom. The molecule has 4 N–H and O–H groups in total. The average Bonchev–Trinajstić information content (AvgIpc) is 2.38. The maximum absolute atomic E-state index is 14.6. The molecule has 1 fully saturated rings. The number of carbonyl (C=O) groups is 1. The standard InChI is InChI=1S/C15H18FN3O/c1-10-3-2-4-12(5-10)15(16)6-13(7-15)19-14(20)11(8-17)9-18/h2-5,8-9,13,17H,6-7,18H2,1H3,(H,19,20)/b11-9+,17-8?. The lowest BCUT2D eigenvalue weighted by Crippen LogP contribution is -2.51. The zero-order valence-corrected chi connectivity index (χ0v) is 11.3. The molecule has 0 spiro atoms. The highest BCUT2D eigenvalue weighted by Gasteiger charge is 2.46. The minimum absolute atomic E-state index is 0.0805. The van der Waals surface area contributed by atoms with Crippen LogP contribution >= 0.6 is 0 Å². The fraction of sp³-hybridized carbons (Fsp3) is 0.333. The van der Waals surface area contributed by atoms with Crippen molar-refractivity contribution >= 4 is 12.1 Å². The third kappa shape index (κ3) is 2.71. The Hall–Kier alpha value is -2.17. The van der Waals surface area contributed by atoms with Gasteiger partial charge in [-0.15, -0.1) is 0 Å². The molecule has 1 aromatic carbocycles. The predicted octanol–water partition coefficient (Wildman–Crippen LogP) is 1.93. The van der Waals surface area contributed by atoms with E-state index < -0.39 is 11.6 Å². The van der Waals surface area contributed by atoms with Crippen molar-refractivity contribution < 1.29 is 9.18 Å². The molecule has 0 unspecified atom stereocenters. The molecule has 0 aliphatic heterocycles. The number of aryl methyl sites for hydroxylation is 1. The van der Waals surface area contributed by atoms with Crippen molar-refractivity contribution in [2.75, 3.05) is 0 Å². The third-order valence-corrected chi connectivity index (χ3v) is 3.61. The van der Waals surface area contributed by atoms with Crippen LogP contribution in [0.2, 0.25) is 0 Å². The van der Waals surface area contributed by atoms with Crippen LogP contribution < -0.4 is 11.1 Å². The van der Waals surface area contributed by atoms with E-state index in [1.54, 1.807) is 6.07 Å². The van der Waals surface area contributed by atoms with Crippen LogP contribution in [0.25, 0.3) is 0 Å². The lowest BCUT2D eigenvalue weighted by molar-refractivity contribution is -0.119. The molecule has 2 rings (SSSR count). The van der Waals surface area contributed by atoms with E-state index in [9.17, 15) is 9.18 Å². The van der Waals surface area contributed by atoms with Gasteiger partial charge in [0, 0.05) is 31.3 Å². The number of benzene rings is 1. The first-order valence-electron chi connectivity index (χ1n) is 6.48. The summed E-state index contributed by atoms with van der Waals surface area (Å²) in [6.07, 6.45) is 2.46. The number of nitrogens with one attached hydrogen (secondary N) is 2. The van der Waals surface area contributed by atoms with Gasteiger partial charge in [-0.25, -0.2) is 4.39 Å². The van der Waals surface area contributed by atoms with Gasteiger partial charge in [0.2, 0.25) is 0 Å². The van der Waals surface area contributed by atoms with Crippen LogP contribution in [-0.4, -0.2) is 18.2 Å². The fourth-order valence-electron chi connectivity index (χ4n) is 2.44. The van der Waals surface area contributed by atoms with Crippen LogP contribution in [0.4, 0.5) is 4.39 Å². The Morgan fingerprint density at radius 3 is 2.80 bits per heavy atom. The highest BCUT2D eigenvalue weighted by molar-refractivity contribution is 6.11. The molecular formula is C15H18FN3O. The zero-order chi connectivity index (χ0) is 14.8. The first-order chi connectivity index (χ1) is 9.48. The molecule has 0 aromatic heterocycles. The summed E-state index contributed by atoms with van der Waals surface area (Å²) in [4.78, 5) is 11.7. The molecule has 1 aliphatic rings. The first-order valence-corrected chi connectivity index (χ1v) is 6.48. The van der Waals surface area contributed by atoms with Crippen molar-refractivity contribution in [2.24, 2.45) is 5.73 Å². The molecule has 106 valence electrons. The van der Waals surface area contributed by atoms with E-state index in [0.29, 0.717) is 5.56 Å². The molecule has 0 radical (unpaired) electrons. The van der Waals surface area contributed by atoms with Gasteiger partial charge in [-0.3, -0.25) is 4.79 Å². The van der Waals surface area contributed by atoms with Gasteiger partial charge in [0.15, 0.2) is 0 Å². The molecule has 0 atom stereocenters. The molecule has 1 aliphatic carbocycles. The van der Waals surface area contributed by atoms with Crippen LogP contribution in [0.15, 0.2) is 36.0 Å². The summed E-state index contributed by atoms with van der Waals surface area (Å²) in [6.45, 7) is 1.92. The summed E-state index contributed by atoms with van der Waals surface area (Å²) >= 11 is 0. The number of halogens is 1. The minimum atomic E-state index is -1.37. The lowest BCUT2D eigenvalue weighted by atomic mass is 9.72. The molecule has 1 saturated carbocycles. The second-order valence-corrected chi connectivity index (χ2v) is 5.18. The quantitative estimate of drug-likeness (QED) is 0.580. The molecule has 1 amide bonds. The fourth-order valence-corrected chi connectivity index (χ4v) is 2.44. The monoisotopic (exact) mass is 275 g/mol. The van der Waals surface area contributed by atoms with Gasteiger partial charge in [0.05, 0.1) is 5.57 Å². The molecule has 1 aromatic rings. The Balaban J connectivity index is 1.97. The Bertz CT molecular complexity index is 562. The molecule has 0 bridgehead atoms. The van der Waals surface area contributed by atoms with E-state index in [0.717, 1.165) is 18.0 Å². The van der Waals surface area contributed by atoms with Gasteiger partial charge >= 0.3 is 0 Å². The van der Waals surface area contributed by atoms with Crippen molar-refractivity contribution in [1.29, 1.82) is 5.41 Å². The number of rotatable bonds is 4. The summed E-state index contributed by atoms with van der Waals surface area (Å²) in [5, 5.41) is 9.72. The van der Waals surface area contributed by atoms with E-state index in [4.69, 9.17) is 11.1 Å². The van der Waals surface area contributed by atoms with Crippen molar-refractivity contribution in [3.8, 4) is 0 Å². The molecule has 20 heavy (non-hydrogen) atoms. The van der Waals surface area contributed by atoms with Crippen LogP contribution in [0.3, 0.4) is 0 Å². The van der Waals surface area contributed by atoms with Crippen LogP contribution in [0.1, 0.15) is 24.0 Å². The lowest BCUT2D eigenvalue weighted by Gasteiger charge is -2.42. The summed E-state index contributed by atoms with van der Waals surface area (Å²) < 4.78 is 14.6. The summed E-state index contributed by atoms with van der Waals surface area (Å²) in [5.74, 6) is -0.432. The Morgan fingerprint density at radius 2 is 2.25 bits per heavy atom. The van der Waals surface area contributed by atoms with Crippen LogP contribution in [-0.2, 0) is 10.5 Å². The average molecular weight is 275 g/mol. The maximum atomic E-state index is 14.6. The molecule has 0 saturated heterocycles. The Labute approximate surface area is 117 Å². The second kappa shape index (κ2) is 5.45. The predicted molar refractivity (Wildman–Crippen MR) is 76.2 cm³/mol. The van der Waals surface area contributed by atoms with Gasteiger partial charge in [-0.1, -0.05) is 29.8 Å². The van der Waals surface area contributed by atoms with E-state index in [1.165, 1.54) is 0 Å². The maximum Gasteiger partial charge on any atom is 0.254 e. The largest absolute Gasteiger partial charge is 0.404 e. The van der Waals surface area contributed by atoms with E-state index >= 15 is 0 Å². The molecule has 5 heteroatoms. The van der Waals surface area contributed by atoms with Gasteiger partial charge in [-0.05, 0) is 12.5 Å². The third-order valence-electron chi connectivity index (χ3n) is 3.61. The van der Waals surface area contributed by atoms with Gasteiger partial charge < -0.3 is 16.5 Å². The van der Waals surface area contributed by atoms with Crippen molar-refractivity contribution in [1.82, 2.24) is 5.32 Å². The number of nitrogens with two attached hydrogens (primary N) is 1. The number of alkyl halides is 1. The van der Waals surface area contributed by atoms with Crippen LogP contribution in [0, 0.1) is 12.3 Å². The van der Waals surface area contributed by atoms with Gasteiger partial charge in [-0.2, -0.15) is 0 Å². The first kappa shape index (κ1) is 14.2. The highest BCUT2D eigenvalue weighted by Crippen LogP contribution is 2.45. The molecule has 4 nitrogen and oxygen atoms in total. The number of amides is 1. The van der Waals surface area contributed by atoms with Crippen LogP contribution in [0.5, 0.6) is 0 Å². The molecule has 0 heterocycles. The highest BCUT2D eigenvalue weighted by atomic mass is 19.1. The number of hydrogen-bond acceptors (Lipinski definition) is 3. The molecular weight excluding hydrogens is 257 g/mol. The zero-order valence-electron chi connectivity index (χ0n) is 11.3. The topological polar surface area (TPSA) is 79.0 Å². The van der Waals surface area contributed by atoms with Crippen molar-refractivity contribution in [3.05, 3.63) is 47.2 Å². The number of carbonyl (C=O) groups excluding carboxylic acids is 1.